The van der Waals surface area contributed by atoms with Gasteiger partial charge in [0.05, 0.1) is 11.5 Å². The lowest BCUT2D eigenvalue weighted by Gasteiger charge is -2.52. The third-order valence-electron chi connectivity index (χ3n) is 14.0. The zero-order valence-electron chi connectivity index (χ0n) is 27.5. The van der Waals surface area contributed by atoms with Crippen molar-refractivity contribution in [1.29, 1.82) is 0 Å². The van der Waals surface area contributed by atoms with Gasteiger partial charge in [-0.2, -0.15) is 0 Å². The number of aliphatic hydroxyl groups is 1. The number of hydrogen-bond acceptors (Lipinski definition) is 4. The van der Waals surface area contributed by atoms with E-state index in [-0.39, 0.29) is 28.3 Å². The molecule has 7 nitrogen and oxygen atoms in total. The summed E-state index contributed by atoms with van der Waals surface area (Å²) in [6.45, 7) is 2.39. The minimum absolute atomic E-state index is 0.101. The third kappa shape index (κ3) is 4.98. The molecule has 47 heavy (non-hydrogen) atoms. The summed E-state index contributed by atoms with van der Waals surface area (Å²) in [5, 5.41) is 25.6. The lowest BCUT2D eigenvalue weighted by molar-refractivity contribution is -0.137. The van der Waals surface area contributed by atoms with Gasteiger partial charge in [0.1, 0.15) is 6.54 Å². The predicted octanol–water partition coefficient (Wildman–Crippen LogP) is 6.50. The maximum atomic E-state index is 14.3. The summed E-state index contributed by atoms with van der Waals surface area (Å²) in [6, 6.07) is 15.3. The van der Waals surface area contributed by atoms with Gasteiger partial charge in [-0.05, 0) is 128 Å². The van der Waals surface area contributed by atoms with E-state index in [0.717, 1.165) is 61.1 Å². The number of carboxylic acid groups (broad SMARTS) is 1. The Labute approximate surface area is 277 Å². The van der Waals surface area contributed by atoms with Crippen LogP contribution in [0.25, 0.3) is 11.1 Å². The van der Waals surface area contributed by atoms with Crippen molar-refractivity contribution in [2.75, 3.05) is 6.54 Å². The first kappa shape index (κ1) is 30.9. The van der Waals surface area contributed by atoms with Gasteiger partial charge < -0.3 is 20.8 Å². The lowest BCUT2D eigenvalue weighted by Crippen LogP contribution is -2.48. The van der Waals surface area contributed by atoms with E-state index in [0.29, 0.717) is 35.8 Å². The largest absolute Gasteiger partial charge is 0.480 e. The van der Waals surface area contributed by atoms with Crippen molar-refractivity contribution in [3.05, 3.63) is 71.3 Å². The molecule has 7 unspecified atom stereocenters. The highest BCUT2D eigenvalue weighted by atomic mass is 16.4. The first-order valence-corrected chi connectivity index (χ1v) is 18.0. The molecule has 2 amide bonds. The Balaban J connectivity index is 0.964. The Morgan fingerprint density at radius 3 is 2.49 bits per heavy atom. The number of carboxylic acids is 1. The third-order valence-corrected chi connectivity index (χ3v) is 14.0. The standard InChI is InChI=1S/C40H48N2O5/c1-38-32-21-39(20-28(35(32)38)11-12-33(38)43)13-5-15-40(14-4-10-31(40)29-18-30(39)19-29)37(47)42-22-24-6-2-7-25(16-24)26-8-3-9-27(17-26)36(46)41-23-34(44)45/h2-3,6-9,16-17,20,29-33,35,43H,4-5,10-15,18-19,21-23H2,1H3,(H,41,46)(H,42,47)(H,44,45). The number of hydrogen-bond donors (Lipinski definition) is 4. The minimum atomic E-state index is -1.08. The molecule has 1 spiro atoms. The van der Waals surface area contributed by atoms with E-state index in [2.05, 4.69) is 29.7 Å². The fourth-order valence-corrected chi connectivity index (χ4v) is 11.5. The quantitative estimate of drug-likeness (QED) is 0.259. The van der Waals surface area contributed by atoms with E-state index in [1.807, 2.05) is 24.3 Å². The number of carbonyl (C=O) groups is 3. The van der Waals surface area contributed by atoms with Crippen molar-refractivity contribution in [3.63, 3.8) is 0 Å². The predicted molar refractivity (Wildman–Crippen MR) is 179 cm³/mol. The second-order valence-electron chi connectivity index (χ2n) is 16.1. The van der Waals surface area contributed by atoms with Crippen LogP contribution >= 0.6 is 0 Å². The molecule has 0 aromatic heterocycles. The van der Waals surface area contributed by atoms with E-state index < -0.39 is 18.4 Å². The van der Waals surface area contributed by atoms with Crippen LogP contribution in [0.1, 0.15) is 93.5 Å². The molecular formula is C40H48N2O5. The molecule has 0 heterocycles. The van der Waals surface area contributed by atoms with Crippen LogP contribution < -0.4 is 10.6 Å². The van der Waals surface area contributed by atoms with Crippen molar-refractivity contribution in [2.45, 2.75) is 90.2 Å². The molecule has 2 aromatic carbocycles. The number of allylic oxidation sites excluding steroid dienone is 2. The van der Waals surface area contributed by atoms with Crippen molar-refractivity contribution < 1.29 is 24.6 Å². The van der Waals surface area contributed by atoms with Crippen molar-refractivity contribution >= 4 is 17.8 Å². The van der Waals surface area contributed by atoms with Crippen LogP contribution in [0.15, 0.2) is 60.2 Å². The van der Waals surface area contributed by atoms with Gasteiger partial charge in [0, 0.05) is 17.5 Å². The number of benzene rings is 2. The van der Waals surface area contributed by atoms with Crippen LogP contribution in [0.2, 0.25) is 0 Å². The van der Waals surface area contributed by atoms with E-state index in [9.17, 15) is 19.5 Å². The topological polar surface area (TPSA) is 116 Å². The maximum absolute atomic E-state index is 14.3. The Morgan fingerprint density at radius 1 is 0.915 bits per heavy atom. The Kier molecular flexibility index (Phi) is 7.43. The van der Waals surface area contributed by atoms with Gasteiger partial charge >= 0.3 is 5.97 Å². The number of carbonyl (C=O) groups excluding carboxylic acids is 2. The molecule has 0 radical (unpaired) electrons. The second kappa shape index (κ2) is 11.3. The molecule has 7 heteroatoms. The molecule has 248 valence electrons. The number of amides is 2. The zero-order chi connectivity index (χ0) is 32.6. The van der Waals surface area contributed by atoms with Crippen LogP contribution in [0, 0.1) is 45.8 Å². The number of aliphatic carboxylic acids is 1. The summed E-state index contributed by atoms with van der Waals surface area (Å²) in [6.07, 6.45) is 14.9. The van der Waals surface area contributed by atoms with Crippen molar-refractivity contribution in [2.24, 2.45) is 45.8 Å². The fraction of sp³-hybridized carbons (Fsp3) is 0.575. The van der Waals surface area contributed by atoms with Crippen LogP contribution in [-0.2, 0) is 16.1 Å². The molecule has 0 aliphatic heterocycles. The smallest absolute Gasteiger partial charge is 0.322 e. The molecule has 6 saturated carbocycles. The molecule has 7 atom stereocenters. The van der Waals surface area contributed by atoms with Gasteiger partial charge in [-0.3, -0.25) is 14.4 Å². The summed E-state index contributed by atoms with van der Waals surface area (Å²) >= 11 is 0. The monoisotopic (exact) mass is 636 g/mol. The Hall–Kier alpha value is -3.45. The average Bonchev–Trinajstić information content (AvgIpc) is 3.41. The van der Waals surface area contributed by atoms with E-state index in [4.69, 9.17) is 5.11 Å². The highest BCUT2D eigenvalue weighted by Crippen LogP contribution is 2.76. The van der Waals surface area contributed by atoms with Crippen LogP contribution in [-0.4, -0.2) is 40.6 Å². The van der Waals surface area contributed by atoms with Crippen LogP contribution in [0.3, 0.4) is 0 Å². The molecule has 7 aliphatic rings. The number of fused-ring (bicyclic) bond motifs is 3. The Morgan fingerprint density at radius 2 is 1.68 bits per heavy atom. The SMILES string of the molecule is CC12C(O)CCC3=CC4(CCCC5(C(=O)NCc6cccc(-c7cccc(C(=O)NCC(=O)O)c7)c6)CCCC5C5CC4C5)CC1C32. The summed E-state index contributed by atoms with van der Waals surface area (Å²) in [5.41, 5.74) is 4.97. The van der Waals surface area contributed by atoms with Crippen LogP contribution in [0.5, 0.6) is 0 Å². The first-order valence-electron chi connectivity index (χ1n) is 18.0. The molecule has 2 bridgehead atoms. The van der Waals surface area contributed by atoms with Gasteiger partial charge in [0.25, 0.3) is 5.91 Å². The van der Waals surface area contributed by atoms with E-state index in [1.54, 1.807) is 23.8 Å². The highest BCUT2D eigenvalue weighted by Gasteiger charge is 2.71. The van der Waals surface area contributed by atoms with Gasteiger partial charge in [0.15, 0.2) is 0 Å². The summed E-state index contributed by atoms with van der Waals surface area (Å²) in [7, 11) is 0. The summed E-state index contributed by atoms with van der Waals surface area (Å²) in [4.78, 5) is 37.6. The minimum Gasteiger partial charge on any atom is -0.480 e. The highest BCUT2D eigenvalue weighted by molar-refractivity contribution is 5.96. The second-order valence-corrected chi connectivity index (χ2v) is 16.1. The number of rotatable bonds is 7. The normalized spacial score (nSPS) is 38.0. The molecule has 9 rings (SSSR count). The van der Waals surface area contributed by atoms with Crippen LogP contribution in [0.4, 0.5) is 0 Å². The molecule has 2 aromatic rings. The molecular weight excluding hydrogens is 588 g/mol. The van der Waals surface area contributed by atoms with E-state index in [1.165, 1.54) is 32.1 Å². The first-order chi connectivity index (χ1) is 22.6. The molecule has 4 N–H and O–H groups in total. The number of nitrogens with one attached hydrogen (secondary N) is 2. The van der Waals surface area contributed by atoms with Crippen molar-refractivity contribution in [3.8, 4) is 11.1 Å². The fourth-order valence-electron chi connectivity index (χ4n) is 11.5. The summed E-state index contributed by atoms with van der Waals surface area (Å²) < 4.78 is 0. The van der Waals surface area contributed by atoms with E-state index >= 15 is 0 Å². The maximum Gasteiger partial charge on any atom is 0.322 e. The molecule has 6 fully saturated rings. The average molecular weight is 637 g/mol. The lowest BCUT2D eigenvalue weighted by atomic mass is 9.53. The van der Waals surface area contributed by atoms with Gasteiger partial charge in [-0.1, -0.05) is 61.7 Å². The molecule has 0 saturated heterocycles. The van der Waals surface area contributed by atoms with Gasteiger partial charge in [-0.15, -0.1) is 0 Å². The van der Waals surface area contributed by atoms with Gasteiger partial charge in [0.2, 0.25) is 5.91 Å². The number of aliphatic hydroxyl groups excluding tert-OH is 1. The van der Waals surface area contributed by atoms with Gasteiger partial charge in [-0.25, -0.2) is 0 Å². The molecule has 7 aliphatic carbocycles. The summed E-state index contributed by atoms with van der Waals surface area (Å²) in [5.74, 6) is 1.83. The zero-order valence-corrected chi connectivity index (χ0v) is 27.5. The van der Waals surface area contributed by atoms with Crippen molar-refractivity contribution in [1.82, 2.24) is 10.6 Å². The Bertz CT molecular complexity index is 1640.